The summed E-state index contributed by atoms with van der Waals surface area (Å²) in [5, 5.41) is 4.38. The topological polar surface area (TPSA) is 81.4 Å². The molecule has 1 heterocycles. The van der Waals surface area contributed by atoms with Crippen molar-refractivity contribution in [2.75, 3.05) is 18.2 Å². The van der Waals surface area contributed by atoms with Gasteiger partial charge in [-0.1, -0.05) is 0 Å². The van der Waals surface area contributed by atoms with Gasteiger partial charge in [-0.3, -0.25) is 4.79 Å². The monoisotopic (exact) mass is 354 g/mol. The van der Waals surface area contributed by atoms with Gasteiger partial charge in [0.25, 0.3) is 5.91 Å². The Morgan fingerprint density at radius 2 is 2.10 bits per heavy atom. The summed E-state index contributed by atoms with van der Waals surface area (Å²) in [6, 6.07) is 6.59. The Labute approximate surface area is 127 Å². The van der Waals surface area contributed by atoms with E-state index in [4.69, 9.17) is 5.73 Å². The van der Waals surface area contributed by atoms with E-state index in [1.807, 2.05) is 0 Å². The van der Waals surface area contributed by atoms with Crippen LogP contribution in [0.5, 0.6) is 0 Å². The summed E-state index contributed by atoms with van der Waals surface area (Å²) in [5.41, 5.74) is 6.96. The number of hydrogen-bond acceptors (Lipinski definition) is 5. The number of carbonyl (C=O) groups is 2. The highest BCUT2D eigenvalue weighted by Gasteiger charge is 2.17. The van der Waals surface area contributed by atoms with Gasteiger partial charge in [-0.25, -0.2) is 4.79 Å². The molecule has 104 valence electrons. The first kappa shape index (κ1) is 14.5. The maximum atomic E-state index is 12.2. The zero-order valence-corrected chi connectivity index (χ0v) is 12.9. The van der Waals surface area contributed by atoms with Crippen molar-refractivity contribution in [2.45, 2.75) is 0 Å². The molecule has 0 saturated carbocycles. The fraction of sp³-hybridized carbons (Fsp3) is 0.0769. The Morgan fingerprint density at radius 3 is 2.80 bits per heavy atom. The van der Waals surface area contributed by atoms with Gasteiger partial charge in [-0.2, -0.15) is 0 Å². The molecule has 0 aliphatic rings. The molecule has 0 aliphatic carbocycles. The second-order valence-corrected chi connectivity index (χ2v) is 5.62. The van der Waals surface area contributed by atoms with Crippen LogP contribution >= 0.6 is 27.3 Å². The summed E-state index contributed by atoms with van der Waals surface area (Å²) < 4.78 is 5.28. The van der Waals surface area contributed by atoms with Crippen LogP contribution < -0.4 is 11.1 Å². The molecule has 0 aliphatic heterocycles. The molecule has 0 radical (unpaired) electrons. The molecule has 0 atom stereocenters. The lowest BCUT2D eigenvalue weighted by atomic mass is 10.2. The predicted octanol–water partition coefficient (Wildman–Crippen LogP) is 3.13. The minimum absolute atomic E-state index is 0.348. The Balaban J connectivity index is 2.26. The molecular weight excluding hydrogens is 344 g/mol. The summed E-state index contributed by atoms with van der Waals surface area (Å²) in [6.07, 6.45) is 0. The summed E-state index contributed by atoms with van der Waals surface area (Å²) >= 11 is 4.49. The van der Waals surface area contributed by atoms with Crippen molar-refractivity contribution < 1.29 is 14.3 Å². The average Bonchev–Trinajstić information content (AvgIpc) is 2.88. The van der Waals surface area contributed by atoms with Crippen LogP contribution in [-0.4, -0.2) is 19.0 Å². The molecule has 2 aromatic rings. The Hall–Kier alpha value is -1.86. The van der Waals surface area contributed by atoms with Crippen LogP contribution in [0.2, 0.25) is 0 Å². The standard InChI is InChI=1S/C13H11BrN2O3S/c1-19-13(18)11-10(4-5-20-11)16-12(17)8-6-7(15)2-3-9(8)14/h2-6H,15H2,1H3,(H,16,17). The van der Waals surface area contributed by atoms with Gasteiger partial charge in [-0.05, 0) is 45.6 Å². The predicted molar refractivity (Wildman–Crippen MR) is 82.2 cm³/mol. The number of hydrogen-bond donors (Lipinski definition) is 2. The Kier molecular flexibility index (Phi) is 4.41. The van der Waals surface area contributed by atoms with Crippen molar-refractivity contribution in [3.63, 3.8) is 0 Å². The summed E-state index contributed by atoms with van der Waals surface area (Å²) in [5.74, 6) is -0.838. The molecule has 3 N–H and O–H groups in total. The fourth-order valence-corrected chi connectivity index (χ4v) is 2.76. The van der Waals surface area contributed by atoms with E-state index >= 15 is 0 Å². The molecular formula is C13H11BrN2O3S. The average molecular weight is 355 g/mol. The van der Waals surface area contributed by atoms with E-state index in [0.717, 1.165) is 0 Å². The number of amides is 1. The first-order chi connectivity index (χ1) is 9.52. The minimum Gasteiger partial charge on any atom is -0.465 e. The molecule has 0 bridgehead atoms. The maximum absolute atomic E-state index is 12.2. The summed E-state index contributed by atoms with van der Waals surface area (Å²) in [6.45, 7) is 0. The molecule has 20 heavy (non-hydrogen) atoms. The molecule has 0 spiro atoms. The zero-order valence-electron chi connectivity index (χ0n) is 10.5. The van der Waals surface area contributed by atoms with E-state index < -0.39 is 5.97 Å². The lowest BCUT2D eigenvalue weighted by molar-refractivity contribution is 0.0607. The number of nitrogen functional groups attached to an aromatic ring is 1. The van der Waals surface area contributed by atoms with Crippen LogP contribution in [0.3, 0.4) is 0 Å². The lowest BCUT2D eigenvalue weighted by Crippen LogP contribution is -2.14. The van der Waals surface area contributed by atoms with Gasteiger partial charge in [0, 0.05) is 10.2 Å². The lowest BCUT2D eigenvalue weighted by Gasteiger charge is -2.08. The number of ether oxygens (including phenoxy) is 1. The molecule has 7 heteroatoms. The van der Waals surface area contributed by atoms with Crippen LogP contribution in [0.1, 0.15) is 20.0 Å². The fourth-order valence-electron chi connectivity index (χ4n) is 1.57. The van der Waals surface area contributed by atoms with E-state index in [1.54, 1.807) is 29.6 Å². The normalized spacial score (nSPS) is 10.1. The van der Waals surface area contributed by atoms with Crippen LogP contribution in [0.25, 0.3) is 0 Å². The molecule has 1 amide bonds. The Morgan fingerprint density at radius 1 is 1.35 bits per heavy atom. The van der Waals surface area contributed by atoms with Crippen LogP contribution in [0.15, 0.2) is 34.1 Å². The van der Waals surface area contributed by atoms with Crippen LogP contribution in [0, 0.1) is 0 Å². The number of nitrogens with one attached hydrogen (secondary N) is 1. The number of benzene rings is 1. The smallest absolute Gasteiger partial charge is 0.350 e. The molecule has 2 rings (SSSR count). The van der Waals surface area contributed by atoms with Gasteiger partial charge in [0.2, 0.25) is 0 Å². The van der Waals surface area contributed by atoms with Crippen LogP contribution in [-0.2, 0) is 4.74 Å². The molecule has 1 aromatic carbocycles. The summed E-state index contributed by atoms with van der Waals surface area (Å²) in [4.78, 5) is 24.1. The number of halogens is 1. The van der Waals surface area contributed by atoms with E-state index in [0.29, 0.717) is 26.3 Å². The van der Waals surface area contributed by atoms with Crippen LogP contribution in [0.4, 0.5) is 11.4 Å². The van der Waals surface area contributed by atoms with Gasteiger partial charge in [0.15, 0.2) is 0 Å². The number of nitrogens with two attached hydrogens (primary N) is 1. The third-order valence-corrected chi connectivity index (χ3v) is 4.11. The van der Waals surface area contributed by atoms with E-state index in [1.165, 1.54) is 18.4 Å². The highest BCUT2D eigenvalue weighted by Crippen LogP contribution is 2.25. The van der Waals surface area contributed by atoms with E-state index in [9.17, 15) is 9.59 Å². The van der Waals surface area contributed by atoms with Crippen molar-refractivity contribution in [1.82, 2.24) is 0 Å². The SMILES string of the molecule is COC(=O)c1sccc1NC(=O)c1cc(N)ccc1Br. The number of esters is 1. The van der Waals surface area contributed by atoms with Gasteiger partial charge in [0.05, 0.1) is 18.4 Å². The van der Waals surface area contributed by atoms with Crippen molar-refractivity contribution in [3.8, 4) is 0 Å². The third kappa shape index (κ3) is 3.00. The zero-order chi connectivity index (χ0) is 14.7. The number of thiophene rings is 1. The second kappa shape index (κ2) is 6.06. The van der Waals surface area contributed by atoms with E-state index in [2.05, 4.69) is 26.0 Å². The van der Waals surface area contributed by atoms with Crippen molar-refractivity contribution >= 4 is 50.5 Å². The van der Waals surface area contributed by atoms with Crippen molar-refractivity contribution in [1.29, 1.82) is 0 Å². The first-order valence-corrected chi connectivity index (χ1v) is 7.22. The number of methoxy groups -OCH3 is 1. The van der Waals surface area contributed by atoms with Gasteiger partial charge in [-0.15, -0.1) is 11.3 Å². The highest BCUT2D eigenvalue weighted by molar-refractivity contribution is 9.10. The third-order valence-electron chi connectivity index (χ3n) is 2.52. The van der Waals surface area contributed by atoms with Crippen molar-refractivity contribution in [3.05, 3.63) is 44.6 Å². The van der Waals surface area contributed by atoms with Gasteiger partial charge >= 0.3 is 5.97 Å². The van der Waals surface area contributed by atoms with E-state index in [-0.39, 0.29) is 5.91 Å². The highest BCUT2D eigenvalue weighted by atomic mass is 79.9. The minimum atomic E-state index is -0.484. The maximum Gasteiger partial charge on any atom is 0.350 e. The molecule has 0 unspecified atom stereocenters. The summed E-state index contributed by atoms with van der Waals surface area (Å²) in [7, 11) is 1.29. The molecule has 0 fully saturated rings. The number of rotatable bonds is 3. The number of anilines is 2. The largest absolute Gasteiger partial charge is 0.465 e. The second-order valence-electron chi connectivity index (χ2n) is 3.85. The molecule has 1 aromatic heterocycles. The van der Waals surface area contributed by atoms with Gasteiger partial charge < -0.3 is 15.8 Å². The quantitative estimate of drug-likeness (QED) is 0.655. The molecule has 0 saturated heterocycles. The molecule has 5 nitrogen and oxygen atoms in total. The Bertz CT molecular complexity index is 669. The van der Waals surface area contributed by atoms with Gasteiger partial charge in [0.1, 0.15) is 4.88 Å². The van der Waals surface area contributed by atoms with Crippen molar-refractivity contribution in [2.24, 2.45) is 0 Å². The first-order valence-electron chi connectivity index (χ1n) is 5.55. The number of carbonyl (C=O) groups excluding carboxylic acids is 2.